The van der Waals surface area contributed by atoms with Gasteiger partial charge < -0.3 is 15.0 Å². The SMILES string of the molecule is COc1ccc([C@@H](C)C(=N)C(=O)C2=C[C@H](C)CN(c3ccnc4c3C=C(c3ccc(C5CC5)cc3)C4=N)CC2)cc1. The van der Waals surface area contributed by atoms with Gasteiger partial charge in [-0.2, -0.15) is 0 Å². The van der Waals surface area contributed by atoms with E-state index in [1.54, 1.807) is 13.3 Å². The second kappa shape index (κ2) is 10.9. The maximum absolute atomic E-state index is 13.5. The summed E-state index contributed by atoms with van der Waals surface area (Å²) in [5.41, 5.74) is 8.26. The standard InChI is InChI=1S/C35H36N4O2/c1-21-18-27(35(40)32(36)22(2)23-10-12-28(41-3)13-11-23)15-17-39(20-21)31-14-16-38-34-30(31)19-29(33(34)37)26-8-6-25(7-9-26)24-4-5-24/h6-14,16,18-19,21-22,24,36-37H,4-5,15,17,20H2,1-3H3/t21-,22+/m0/s1. The summed E-state index contributed by atoms with van der Waals surface area (Å²) in [6, 6.07) is 18.3. The normalized spacial score (nSPS) is 19.1. The Kier molecular flexibility index (Phi) is 7.16. The van der Waals surface area contributed by atoms with Gasteiger partial charge in [0, 0.05) is 42.0 Å². The van der Waals surface area contributed by atoms with Crippen LogP contribution in [-0.4, -0.2) is 42.4 Å². The summed E-state index contributed by atoms with van der Waals surface area (Å²) < 4.78 is 5.25. The van der Waals surface area contributed by atoms with Crippen molar-refractivity contribution in [3.05, 3.63) is 100 Å². The Morgan fingerprint density at radius 3 is 2.49 bits per heavy atom. The molecule has 1 saturated carbocycles. The van der Waals surface area contributed by atoms with Gasteiger partial charge in [-0.05, 0) is 77.6 Å². The third kappa shape index (κ3) is 5.26. The predicted molar refractivity (Wildman–Crippen MR) is 166 cm³/mol. The number of rotatable bonds is 8. The average Bonchev–Trinajstić information content (AvgIpc) is 3.82. The van der Waals surface area contributed by atoms with Crippen LogP contribution in [0.15, 0.2) is 72.4 Å². The number of ketones is 1. The fourth-order valence-corrected chi connectivity index (χ4v) is 6.01. The molecular weight excluding hydrogens is 508 g/mol. The summed E-state index contributed by atoms with van der Waals surface area (Å²) >= 11 is 0. The number of carbonyl (C=O) groups excluding carboxylic acids is 1. The molecule has 0 bridgehead atoms. The van der Waals surface area contributed by atoms with Gasteiger partial charge in [-0.25, -0.2) is 0 Å². The summed E-state index contributed by atoms with van der Waals surface area (Å²) in [6.45, 7) is 5.44. The van der Waals surface area contributed by atoms with Gasteiger partial charge in [0.2, 0.25) is 5.78 Å². The van der Waals surface area contributed by atoms with E-state index < -0.39 is 0 Å². The molecule has 6 nitrogen and oxygen atoms in total. The van der Waals surface area contributed by atoms with Crippen LogP contribution in [0, 0.1) is 16.7 Å². The molecule has 2 atom stereocenters. The minimum Gasteiger partial charge on any atom is -0.497 e. The highest BCUT2D eigenvalue weighted by molar-refractivity contribution is 6.46. The van der Waals surface area contributed by atoms with Crippen molar-refractivity contribution in [2.24, 2.45) is 5.92 Å². The number of pyridine rings is 1. The first-order valence-electron chi connectivity index (χ1n) is 14.5. The van der Waals surface area contributed by atoms with Crippen LogP contribution < -0.4 is 9.64 Å². The molecule has 6 rings (SSSR count). The number of ether oxygens (including phenoxy) is 1. The Morgan fingerprint density at radius 2 is 1.80 bits per heavy atom. The molecule has 1 fully saturated rings. The predicted octanol–water partition coefficient (Wildman–Crippen LogP) is 7.05. The lowest BCUT2D eigenvalue weighted by Crippen LogP contribution is -2.29. The molecule has 1 aliphatic heterocycles. The van der Waals surface area contributed by atoms with Gasteiger partial charge >= 0.3 is 0 Å². The Hall–Kier alpha value is -4.32. The molecule has 1 aromatic heterocycles. The smallest absolute Gasteiger partial charge is 0.202 e. The first-order chi connectivity index (χ1) is 19.8. The van der Waals surface area contributed by atoms with E-state index in [1.165, 1.54) is 18.4 Å². The Morgan fingerprint density at radius 1 is 1.07 bits per heavy atom. The molecule has 208 valence electrons. The number of nitrogens with zero attached hydrogens (tertiary/aromatic N) is 2. The summed E-state index contributed by atoms with van der Waals surface area (Å²) in [6.07, 6.45) is 9.05. The maximum Gasteiger partial charge on any atom is 0.202 e. The maximum atomic E-state index is 13.5. The van der Waals surface area contributed by atoms with Gasteiger partial charge in [0.15, 0.2) is 0 Å². The zero-order valence-corrected chi connectivity index (χ0v) is 23.9. The number of nitrogens with one attached hydrogen (secondary N) is 2. The van der Waals surface area contributed by atoms with E-state index in [0.717, 1.165) is 40.2 Å². The molecule has 6 heteroatoms. The first-order valence-corrected chi connectivity index (χ1v) is 14.5. The summed E-state index contributed by atoms with van der Waals surface area (Å²) in [5, 5.41) is 17.6. The zero-order chi connectivity index (χ0) is 28.7. The molecule has 0 saturated heterocycles. The van der Waals surface area contributed by atoms with Crippen molar-refractivity contribution in [2.45, 2.75) is 44.9 Å². The van der Waals surface area contributed by atoms with E-state index in [-0.39, 0.29) is 23.3 Å². The second-order valence-corrected chi connectivity index (χ2v) is 11.5. The van der Waals surface area contributed by atoms with Crippen LogP contribution in [-0.2, 0) is 4.79 Å². The average molecular weight is 545 g/mol. The topological polar surface area (TPSA) is 90.1 Å². The molecule has 0 radical (unpaired) electrons. The van der Waals surface area contributed by atoms with E-state index in [4.69, 9.17) is 15.6 Å². The number of fused-ring (bicyclic) bond motifs is 1. The highest BCUT2D eigenvalue weighted by Crippen LogP contribution is 2.41. The molecule has 0 amide bonds. The number of carbonyl (C=O) groups is 1. The van der Waals surface area contributed by atoms with Gasteiger partial charge in [-0.3, -0.25) is 15.2 Å². The number of anilines is 1. The molecule has 2 N–H and O–H groups in total. The number of Topliss-reactive ketones (excluding diaryl/α,β-unsaturated/α-hetero) is 1. The fraction of sp³-hybridized carbons (Fsp3) is 0.314. The van der Waals surface area contributed by atoms with Crippen molar-refractivity contribution in [1.29, 1.82) is 10.8 Å². The van der Waals surface area contributed by atoms with Crippen LogP contribution in [0.3, 0.4) is 0 Å². The van der Waals surface area contributed by atoms with Gasteiger partial charge in [0.25, 0.3) is 0 Å². The molecule has 2 aliphatic carbocycles. The van der Waals surface area contributed by atoms with E-state index in [1.807, 2.05) is 43.3 Å². The number of allylic oxidation sites excluding steroid dienone is 1. The van der Waals surface area contributed by atoms with E-state index >= 15 is 0 Å². The molecule has 41 heavy (non-hydrogen) atoms. The quantitative estimate of drug-likeness (QED) is 0.297. The Labute approximate surface area is 241 Å². The van der Waals surface area contributed by atoms with Crippen LogP contribution in [0.25, 0.3) is 11.6 Å². The number of benzene rings is 2. The third-order valence-corrected chi connectivity index (χ3v) is 8.60. The van der Waals surface area contributed by atoms with Crippen LogP contribution in [0.5, 0.6) is 5.75 Å². The van der Waals surface area contributed by atoms with Gasteiger partial charge in [0.1, 0.15) is 5.75 Å². The molecule has 2 aromatic carbocycles. The molecule has 0 spiro atoms. The minimum absolute atomic E-state index is 0.112. The second-order valence-electron chi connectivity index (χ2n) is 11.5. The number of aromatic nitrogens is 1. The Balaban J connectivity index is 1.20. The lowest BCUT2D eigenvalue weighted by Gasteiger charge is -2.26. The number of hydrogen-bond donors (Lipinski definition) is 2. The van der Waals surface area contributed by atoms with Crippen molar-refractivity contribution in [2.75, 3.05) is 25.1 Å². The molecule has 3 aliphatic rings. The number of methoxy groups -OCH3 is 1. The molecule has 3 aromatic rings. The van der Waals surface area contributed by atoms with Crippen LogP contribution in [0.1, 0.15) is 72.9 Å². The van der Waals surface area contributed by atoms with Crippen LogP contribution in [0.2, 0.25) is 0 Å². The van der Waals surface area contributed by atoms with Crippen molar-refractivity contribution >= 4 is 34.5 Å². The van der Waals surface area contributed by atoms with Crippen LogP contribution in [0.4, 0.5) is 5.69 Å². The summed E-state index contributed by atoms with van der Waals surface area (Å²) in [5.74, 6) is 1.10. The minimum atomic E-state index is -0.305. The van der Waals surface area contributed by atoms with E-state index in [2.05, 4.69) is 47.1 Å². The van der Waals surface area contributed by atoms with Crippen molar-refractivity contribution < 1.29 is 9.53 Å². The number of hydrogen-bond acceptors (Lipinski definition) is 6. The summed E-state index contributed by atoms with van der Waals surface area (Å²) in [7, 11) is 1.62. The van der Waals surface area contributed by atoms with Crippen molar-refractivity contribution in [3.63, 3.8) is 0 Å². The largest absolute Gasteiger partial charge is 0.497 e. The van der Waals surface area contributed by atoms with Gasteiger partial charge in [0.05, 0.1) is 24.2 Å². The molecule has 0 unspecified atom stereocenters. The van der Waals surface area contributed by atoms with Crippen molar-refractivity contribution in [1.82, 2.24) is 4.98 Å². The van der Waals surface area contributed by atoms with Crippen LogP contribution >= 0.6 is 0 Å². The monoisotopic (exact) mass is 544 g/mol. The van der Waals surface area contributed by atoms with E-state index in [9.17, 15) is 4.79 Å². The summed E-state index contributed by atoms with van der Waals surface area (Å²) in [4.78, 5) is 20.4. The first kappa shape index (κ1) is 26.9. The van der Waals surface area contributed by atoms with Crippen molar-refractivity contribution in [3.8, 4) is 5.75 Å². The lowest BCUT2D eigenvalue weighted by atomic mass is 9.89. The molecule has 2 heterocycles. The third-order valence-electron chi connectivity index (χ3n) is 8.60. The lowest BCUT2D eigenvalue weighted by molar-refractivity contribution is -0.110. The zero-order valence-electron chi connectivity index (χ0n) is 23.9. The van der Waals surface area contributed by atoms with E-state index in [0.29, 0.717) is 35.9 Å². The molecular formula is C35H36N4O2. The highest BCUT2D eigenvalue weighted by atomic mass is 16.5. The van der Waals surface area contributed by atoms with Gasteiger partial charge in [-0.1, -0.05) is 56.3 Å². The Bertz CT molecular complexity index is 1580. The fourth-order valence-electron chi connectivity index (χ4n) is 6.01. The highest BCUT2D eigenvalue weighted by Gasteiger charge is 2.30. The van der Waals surface area contributed by atoms with Gasteiger partial charge in [-0.15, -0.1) is 0 Å².